The van der Waals surface area contributed by atoms with E-state index >= 15 is 0 Å². The largest absolute Gasteiger partial charge is 0.493 e. The molecule has 174 valence electrons. The monoisotopic (exact) mass is 460 g/mol. The highest BCUT2D eigenvalue weighted by molar-refractivity contribution is 6.18. The summed E-state index contributed by atoms with van der Waals surface area (Å²) in [6.07, 6.45) is 4.64. The molecule has 0 bridgehead atoms. The molecule has 0 unspecified atom stereocenters. The predicted molar refractivity (Wildman–Crippen MR) is 128 cm³/mol. The Hall–Kier alpha value is -2.23. The number of hydrogen-bond acceptors (Lipinski definition) is 5. The predicted octanol–water partition coefficient (Wildman–Crippen LogP) is 4.23. The first-order valence-electron chi connectivity index (χ1n) is 10.7. The number of halogens is 1. The second-order valence-corrected chi connectivity index (χ2v) is 8.33. The van der Waals surface area contributed by atoms with Crippen molar-refractivity contribution in [1.29, 1.82) is 0 Å². The third-order valence-electron chi connectivity index (χ3n) is 5.02. The minimum atomic E-state index is -0.928. The molecule has 2 atom stereocenters. The molecule has 2 aromatic carbocycles. The maximum absolute atomic E-state index is 9.72. The van der Waals surface area contributed by atoms with Gasteiger partial charge < -0.3 is 24.4 Å². The second kappa shape index (κ2) is 12.7. The van der Waals surface area contributed by atoms with Crippen LogP contribution in [-0.2, 0) is 11.2 Å². The molecule has 0 amide bonds. The highest BCUT2D eigenvalue weighted by Gasteiger charge is 2.12. The van der Waals surface area contributed by atoms with Crippen LogP contribution in [0.15, 0.2) is 24.3 Å². The fourth-order valence-electron chi connectivity index (χ4n) is 3.69. The van der Waals surface area contributed by atoms with Gasteiger partial charge in [0.15, 0.2) is 6.29 Å². The molecule has 0 aliphatic carbocycles. The van der Waals surface area contributed by atoms with Gasteiger partial charge in [0.2, 0.25) is 0 Å². The molecule has 2 rings (SSSR count). The standard InChI is InChI=1S/C26H33ClO5/c1-6-8-30-24(29)7-9-31-25-17(2)10-21(11-18(25)3)14-22-12-19(4)26(20(5)13-22)32-16-23(28)15-27/h1,10-13,23-24,28-29H,7-9,14-16H2,2-5H3/t23-,24-/m1/s1. The first kappa shape index (κ1) is 26.0. The molecule has 2 N–H and O–H groups in total. The van der Waals surface area contributed by atoms with Crippen LogP contribution in [0.25, 0.3) is 0 Å². The smallest absolute Gasteiger partial charge is 0.159 e. The highest BCUT2D eigenvalue weighted by atomic mass is 35.5. The van der Waals surface area contributed by atoms with E-state index in [9.17, 15) is 10.2 Å². The number of aliphatic hydroxyl groups is 2. The van der Waals surface area contributed by atoms with E-state index in [0.717, 1.165) is 40.2 Å². The summed E-state index contributed by atoms with van der Waals surface area (Å²) in [5, 5.41) is 19.4. The zero-order valence-electron chi connectivity index (χ0n) is 19.3. The van der Waals surface area contributed by atoms with E-state index in [1.54, 1.807) is 0 Å². The van der Waals surface area contributed by atoms with Crippen molar-refractivity contribution in [3.8, 4) is 23.8 Å². The van der Waals surface area contributed by atoms with Gasteiger partial charge in [0.1, 0.15) is 30.8 Å². The molecular formula is C26H33ClO5. The lowest BCUT2D eigenvalue weighted by Crippen LogP contribution is -2.19. The molecule has 0 saturated heterocycles. The Bertz CT molecular complexity index is 888. The number of hydrogen-bond donors (Lipinski definition) is 2. The quantitative estimate of drug-likeness (QED) is 0.282. The first-order valence-corrected chi connectivity index (χ1v) is 11.2. The summed E-state index contributed by atoms with van der Waals surface area (Å²) in [4.78, 5) is 0. The summed E-state index contributed by atoms with van der Waals surface area (Å²) in [6.45, 7) is 8.65. The van der Waals surface area contributed by atoms with Gasteiger partial charge in [-0.1, -0.05) is 30.2 Å². The van der Waals surface area contributed by atoms with Crippen molar-refractivity contribution in [3.05, 3.63) is 57.6 Å². The van der Waals surface area contributed by atoms with Crippen molar-refractivity contribution in [2.24, 2.45) is 0 Å². The summed E-state index contributed by atoms with van der Waals surface area (Å²) in [5.41, 5.74) is 6.52. The van der Waals surface area contributed by atoms with Crippen molar-refractivity contribution in [3.63, 3.8) is 0 Å². The Kier molecular flexibility index (Phi) is 10.3. The third-order valence-corrected chi connectivity index (χ3v) is 5.37. The van der Waals surface area contributed by atoms with Gasteiger partial charge in [-0.25, -0.2) is 0 Å². The van der Waals surface area contributed by atoms with Crippen LogP contribution in [-0.4, -0.2) is 48.3 Å². The molecule has 5 nitrogen and oxygen atoms in total. The lowest BCUT2D eigenvalue weighted by molar-refractivity contribution is -0.0958. The Morgan fingerprint density at radius 2 is 1.41 bits per heavy atom. The number of terminal acetylenes is 1. The van der Waals surface area contributed by atoms with Gasteiger partial charge >= 0.3 is 0 Å². The number of alkyl halides is 1. The number of benzene rings is 2. The highest BCUT2D eigenvalue weighted by Crippen LogP contribution is 2.29. The molecule has 32 heavy (non-hydrogen) atoms. The van der Waals surface area contributed by atoms with Crippen molar-refractivity contribution in [2.75, 3.05) is 25.7 Å². The maximum Gasteiger partial charge on any atom is 0.159 e. The lowest BCUT2D eigenvalue weighted by Gasteiger charge is -2.17. The normalized spacial score (nSPS) is 12.8. The second-order valence-electron chi connectivity index (χ2n) is 8.02. The first-order chi connectivity index (χ1) is 15.2. The van der Waals surface area contributed by atoms with Gasteiger partial charge in [-0.05, 0) is 67.5 Å². The number of rotatable bonds is 12. The van der Waals surface area contributed by atoms with Crippen molar-refractivity contribution in [1.82, 2.24) is 0 Å². The van der Waals surface area contributed by atoms with Crippen LogP contribution in [0.2, 0.25) is 0 Å². The Balaban J connectivity index is 2.05. The third kappa shape index (κ3) is 7.72. The molecule has 0 saturated carbocycles. The Morgan fingerprint density at radius 3 is 1.88 bits per heavy atom. The summed E-state index contributed by atoms with van der Waals surface area (Å²) < 4.78 is 16.7. The molecule has 0 spiro atoms. The zero-order chi connectivity index (χ0) is 23.7. The average Bonchev–Trinajstić information content (AvgIpc) is 2.73. The molecule has 0 heterocycles. The summed E-state index contributed by atoms with van der Waals surface area (Å²) >= 11 is 5.65. The van der Waals surface area contributed by atoms with Crippen LogP contribution in [0.4, 0.5) is 0 Å². The zero-order valence-corrected chi connectivity index (χ0v) is 20.0. The lowest BCUT2D eigenvalue weighted by atomic mass is 9.97. The molecule has 0 aromatic heterocycles. The van der Waals surface area contributed by atoms with E-state index in [-0.39, 0.29) is 19.1 Å². The van der Waals surface area contributed by atoms with Crippen molar-refractivity contribution in [2.45, 2.75) is 52.9 Å². The van der Waals surface area contributed by atoms with Gasteiger partial charge in [-0.15, -0.1) is 18.0 Å². The van der Waals surface area contributed by atoms with Crippen molar-refractivity contribution >= 4 is 11.6 Å². The summed E-state index contributed by atoms with van der Waals surface area (Å²) in [7, 11) is 0. The Morgan fingerprint density at radius 1 is 0.906 bits per heavy atom. The van der Waals surface area contributed by atoms with E-state index in [1.165, 1.54) is 11.1 Å². The van der Waals surface area contributed by atoms with Crippen molar-refractivity contribution < 1.29 is 24.4 Å². The minimum absolute atomic E-state index is 0.0787. The fraction of sp³-hybridized carbons (Fsp3) is 0.462. The van der Waals surface area contributed by atoms with E-state index in [2.05, 4.69) is 30.2 Å². The average molecular weight is 461 g/mol. The van der Waals surface area contributed by atoms with Gasteiger partial charge in [-0.2, -0.15) is 0 Å². The van der Waals surface area contributed by atoms with Gasteiger partial charge in [0.25, 0.3) is 0 Å². The number of aliphatic hydroxyl groups excluding tert-OH is 2. The topological polar surface area (TPSA) is 68.2 Å². The molecule has 0 fully saturated rings. The van der Waals surface area contributed by atoms with E-state index in [4.69, 9.17) is 32.2 Å². The molecule has 0 aliphatic heterocycles. The summed E-state index contributed by atoms with van der Waals surface area (Å²) in [5.74, 6) is 4.10. The number of aryl methyl sites for hydroxylation is 4. The van der Waals surface area contributed by atoms with E-state index in [0.29, 0.717) is 13.0 Å². The minimum Gasteiger partial charge on any atom is -0.493 e. The fourth-order valence-corrected chi connectivity index (χ4v) is 3.78. The van der Waals surface area contributed by atoms with Gasteiger partial charge in [0.05, 0.1) is 12.5 Å². The Labute approximate surface area is 196 Å². The van der Waals surface area contributed by atoms with Crippen LogP contribution in [0, 0.1) is 40.0 Å². The van der Waals surface area contributed by atoms with Crippen LogP contribution >= 0.6 is 11.6 Å². The van der Waals surface area contributed by atoms with Gasteiger partial charge in [0, 0.05) is 6.42 Å². The maximum atomic E-state index is 9.72. The van der Waals surface area contributed by atoms with Crippen LogP contribution < -0.4 is 9.47 Å². The van der Waals surface area contributed by atoms with Crippen LogP contribution in [0.1, 0.15) is 39.8 Å². The van der Waals surface area contributed by atoms with Crippen LogP contribution in [0.5, 0.6) is 11.5 Å². The van der Waals surface area contributed by atoms with Gasteiger partial charge in [-0.3, -0.25) is 0 Å². The molecule has 0 radical (unpaired) electrons. The molecule has 0 aliphatic rings. The van der Waals surface area contributed by atoms with E-state index in [1.807, 2.05) is 27.7 Å². The molecule has 2 aromatic rings. The van der Waals surface area contributed by atoms with Crippen LogP contribution in [0.3, 0.4) is 0 Å². The molecular weight excluding hydrogens is 428 g/mol. The number of ether oxygens (including phenoxy) is 3. The SMILES string of the molecule is C#CCO[C@@H](O)CCOc1c(C)cc(Cc2cc(C)c(OC[C@H](O)CCl)c(C)c2)cc1C. The van der Waals surface area contributed by atoms with E-state index < -0.39 is 12.4 Å². The molecule has 6 heteroatoms. The summed E-state index contributed by atoms with van der Waals surface area (Å²) in [6, 6.07) is 8.48.